The molecule has 1 aromatic rings. The summed E-state index contributed by atoms with van der Waals surface area (Å²) in [6.45, 7) is 2.30. The monoisotopic (exact) mass is 166 g/mol. The molecule has 0 aliphatic carbocycles. The molecule has 2 heterocycles. The molecule has 1 atom stereocenters. The molecule has 1 amide bonds. The predicted octanol–water partition coefficient (Wildman–Crippen LogP) is -0.564. The number of hydrogen-bond acceptors (Lipinski definition) is 3. The largest absolute Gasteiger partial charge is 0.348 e. The maximum Gasteiger partial charge on any atom is 0.235 e. The summed E-state index contributed by atoms with van der Waals surface area (Å²) in [6.07, 6.45) is 1.50. The van der Waals surface area contributed by atoms with E-state index in [4.69, 9.17) is 0 Å². The maximum absolute atomic E-state index is 10.8. The lowest BCUT2D eigenvalue weighted by atomic mass is 10.3. The Kier molecular flexibility index (Phi) is 1.58. The van der Waals surface area contributed by atoms with E-state index in [9.17, 15) is 4.79 Å². The average molecular weight is 166 g/mol. The normalized spacial score (nSPS) is 22.8. The van der Waals surface area contributed by atoms with E-state index >= 15 is 0 Å². The molecule has 0 aromatic carbocycles. The fourth-order valence-corrected chi connectivity index (χ4v) is 1.28. The van der Waals surface area contributed by atoms with E-state index < -0.39 is 0 Å². The Balaban J connectivity index is 2.21. The van der Waals surface area contributed by atoms with Crippen molar-refractivity contribution in [1.29, 1.82) is 0 Å². The predicted molar refractivity (Wildman–Crippen MR) is 42.2 cm³/mol. The summed E-state index contributed by atoms with van der Waals surface area (Å²) < 4.78 is 0. The van der Waals surface area contributed by atoms with Gasteiger partial charge in [0.15, 0.2) is 0 Å². The second-order valence-electron chi connectivity index (χ2n) is 2.79. The van der Waals surface area contributed by atoms with Crippen molar-refractivity contribution in [2.45, 2.75) is 13.1 Å². The fourth-order valence-electron chi connectivity index (χ4n) is 1.28. The Hall–Kier alpha value is -1.36. The number of aromatic amines is 1. The molecule has 3 N–H and O–H groups in total. The summed E-state index contributed by atoms with van der Waals surface area (Å²) in [4.78, 5) is 17.9. The summed E-state index contributed by atoms with van der Waals surface area (Å²) in [6, 6.07) is 0. The molecule has 1 unspecified atom stereocenters. The standard InChI is InChI=1S/C7H10N4O/c1-4-6(10-3-9-4)7-8-2-5(12)11-7/h3,7-8H,2H2,1H3,(H,9,10)(H,11,12). The second kappa shape index (κ2) is 2.60. The first-order chi connectivity index (χ1) is 5.77. The first kappa shape index (κ1) is 7.30. The number of carbonyl (C=O) groups excluding carboxylic acids is 1. The third-order valence-electron chi connectivity index (χ3n) is 1.91. The maximum atomic E-state index is 10.8. The van der Waals surface area contributed by atoms with Crippen LogP contribution in [-0.2, 0) is 4.79 Å². The van der Waals surface area contributed by atoms with Crippen molar-refractivity contribution in [2.75, 3.05) is 6.54 Å². The van der Waals surface area contributed by atoms with Gasteiger partial charge in [-0.05, 0) is 6.92 Å². The van der Waals surface area contributed by atoms with Gasteiger partial charge in [-0.3, -0.25) is 10.1 Å². The summed E-state index contributed by atoms with van der Waals surface area (Å²) in [7, 11) is 0. The van der Waals surface area contributed by atoms with Crippen molar-refractivity contribution in [3.63, 3.8) is 0 Å². The topological polar surface area (TPSA) is 69.8 Å². The third-order valence-corrected chi connectivity index (χ3v) is 1.91. The zero-order valence-corrected chi connectivity index (χ0v) is 6.72. The van der Waals surface area contributed by atoms with E-state index in [1.165, 1.54) is 0 Å². The molecule has 1 saturated heterocycles. The van der Waals surface area contributed by atoms with Crippen LogP contribution in [0.15, 0.2) is 6.33 Å². The number of imidazole rings is 1. The summed E-state index contributed by atoms with van der Waals surface area (Å²) >= 11 is 0. The van der Waals surface area contributed by atoms with Gasteiger partial charge in [-0.2, -0.15) is 0 Å². The molecule has 12 heavy (non-hydrogen) atoms. The highest BCUT2D eigenvalue weighted by molar-refractivity contribution is 5.80. The van der Waals surface area contributed by atoms with Crippen molar-refractivity contribution >= 4 is 5.91 Å². The second-order valence-corrected chi connectivity index (χ2v) is 2.79. The molecule has 5 heteroatoms. The van der Waals surface area contributed by atoms with Gasteiger partial charge in [0.2, 0.25) is 5.91 Å². The Morgan fingerprint density at radius 1 is 1.67 bits per heavy atom. The number of nitrogens with zero attached hydrogens (tertiary/aromatic N) is 1. The minimum atomic E-state index is -0.122. The van der Waals surface area contributed by atoms with Crippen molar-refractivity contribution in [2.24, 2.45) is 0 Å². The average Bonchev–Trinajstić information content (AvgIpc) is 2.58. The Bertz CT molecular complexity index is 306. The molecule has 64 valence electrons. The van der Waals surface area contributed by atoms with Gasteiger partial charge in [0, 0.05) is 5.69 Å². The Morgan fingerprint density at radius 3 is 3.00 bits per heavy atom. The quantitative estimate of drug-likeness (QED) is 0.523. The van der Waals surface area contributed by atoms with Gasteiger partial charge < -0.3 is 10.3 Å². The number of rotatable bonds is 1. The molecule has 1 aromatic heterocycles. The third kappa shape index (κ3) is 1.08. The van der Waals surface area contributed by atoms with Gasteiger partial charge in [0.05, 0.1) is 18.6 Å². The lowest BCUT2D eigenvalue weighted by Crippen LogP contribution is -2.23. The molecule has 0 spiro atoms. The molecular weight excluding hydrogens is 156 g/mol. The zero-order valence-electron chi connectivity index (χ0n) is 6.72. The van der Waals surface area contributed by atoms with E-state index in [2.05, 4.69) is 20.6 Å². The SMILES string of the molecule is Cc1[nH]cnc1C1NCC(=O)N1. The first-order valence-electron chi connectivity index (χ1n) is 3.80. The van der Waals surface area contributed by atoms with Gasteiger partial charge >= 0.3 is 0 Å². The summed E-state index contributed by atoms with van der Waals surface area (Å²) in [5, 5.41) is 5.77. The van der Waals surface area contributed by atoms with Crippen LogP contribution in [0, 0.1) is 6.92 Å². The molecule has 0 saturated carbocycles. The van der Waals surface area contributed by atoms with Crippen molar-refractivity contribution in [1.82, 2.24) is 20.6 Å². The van der Waals surface area contributed by atoms with E-state index in [-0.39, 0.29) is 12.1 Å². The highest BCUT2D eigenvalue weighted by Gasteiger charge is 2.23. The highest BCUT2D eigenvalue weighted by atomic mass is 16.2. The smallest absolute Gasteiger partial charge is 0.235 e. The Morgan fingerprint density at radius 2 is 2.50 bits per heavy atom. The summed E-state index contributed by atoms with van der Waals surface area (Å²) in [5.74, 6) is 0.0161. The van der Waals surface area contributed by atoms with E-state index in [1.54, 1.807) is 6.33 Å². The van der Waals surface area contributed by atoms with E-state index in [0.29, 0.717) is 6.54 Å². The van der Waals surface area contributed by atoms with Crippen LogP contribution < -0.4 is 10.6 Å². The van der Waals surface area contributed by atoms with Gasteiger partial charge in [-0.15, -0.1) is 0 Å². The number of aromatic nitrogens is 2. The Labute approximate surface area is 69.6 Å². The number of H-pyrrole nitrogens is 1. The zero-order chi connectivity index (χ0) is 8.55. The van der Waals surface area contributed by atoms with E-state index in [0.717, 1.165) is 11.4 Å². The van der Waals surface area contributed by atoms with Crippen molar-refractivity contribution in [3.8, 4) is 0 Å². The number of carbonyl (C=O) groups is 1. The molecule has 0 radical (unpaired) electrons. The number of aryl methyl sites for hydroxylation is 1. The molecule has 1 aliphatic heterocycles. The highest BCUT2D eigenvalue weighted by Crippen LogP contribution is 2.12. The van der Waals surface area contributed by atoms with Crippen LogP contribution in [0.5, 0.6) is 0 Å². The molecular formula is C7H10N4O. The summed E-state index contributed by atoms with van der Waals surface area (Å²) in [5.41, 5.74) is 1.84. The van der Waals surface area contributed by atoms with Crippen molar-refractivity contribution < 1.29 is 4.79 Å². The van der Waals surface area contributed by atoms with Gasteiger partial charge in [0.25, 0.3) is 0 Å². The van der Waals surface area contributed by atoms with Gasteiger partial charge in [-0.1, -0.05) is 0 Å². The number of amides is 1. The van der Waals surface area contributed by atoms with Crippen LogP contribution in [0.2, 0.25) is 0 Å². The lowest BCUT2D eigenvalue weighted by molar-refractivity contribution is -0.118. The van der Waals surface area contributed by atoms with Crippen LogP contribution in [0.4, 0.5) is 0 Å². The van der Waals surface area contributed by atoms with Crippen LogP contribution in [0.1, 0.15) is 17.6 Å². The minimum absolute atomic E-state index is 0.0161. The lowest BCUT2D eigenvalue weighted by Gasteiger charge is -2.07. The van der Waals surface area contributed by atoms with Gasteiger partial charge in [0.1, 0.15) is 6.17 Å². The number of hydrogen-bond donors (Lipinski definition) is 3. The van der Waals surface area contributed by atoms with E-state index in [1.807, 2.05) is 6.92 Å². The minimum Gasteiger partial charge on any atom is -0.348 e. The molecule has 1 fully saturated rings. The first-order valence-corrected chi connectivity index (χ1v) is 3.80. The molecule has 5 nitrogen and oxygen atoms in total. The molecule has 0 bridgehead atoms. The molecule has 2 rings (SSSR count). The van der Waals surface area contributed by atoms with Gasteiger partial charge in [-0.25, -0.2) is 4.98 Å². The van der Waals surface area contributed by atoms with Crippen LogP contribution in [0.3, 0.4) is 0 Å². The number of nitrogens with one attached hydrogen (secondary N) is 3. The van der Waals surface area contributed by atoms with Crippen LogP contribution >= 0.6 is 0 Å². The van der Waals surface area contributed by atoms with Crippen molar-refractivity contribution in [3.05, 3.63) is 17.7 Å². The van der Waals surface area contributed by atoms with Crippen LogP contribution in [0.25, 0.3) is 0 Å². The van der Waals surface area contributed by atoms with Crippen LogP contribution in [-0.4, -0.2) is 22.4 Å². The fraction of sp³-hybridized carbons (Fsp3) is 0.429. The molecule has 1 aliphatic rings.